The van der Waals surface area contributed by atoms with E-state index in [1.165, 1.54) is 0 Å². The molecule has 0 fully saturated rings. The van der Waals surface area contributed by atoms with Gasteiger partial charge in [-0.3, -0.25) is 0 Å². The van der Waals surface area contributed by atoms with Crippen LogP contribution in [0.2, 0.25) is 0 Å². The number of hydrogen-bond donors (Lipinski definition) is 0. The molecule has 1 heteroatoms. The molecule has 0 saturated heterocycles. The molecule has 0 aliphatic heterocycles. The van der Waals surface area contributed by atoms with Crippen LogP contribution in [0.4, 0.5) is 0 Å². The Morgan fingerprint density at radius 3 is 1.58 bits per heavy atom. The van der Waals surface area contributed by atoms with E-state index in [-0.39, 0.29) is 45.7 Å². The molecule has 0 atom stereocenters. The van der Waals surface area contributed by atoms with Crippen LogP contribution in [0.1, 0.15) is 11.0 Å². The first-order valence-electron chi connectivity index (χ1n) is 18.9. The average molecular weight is 595 g/mol. The van der Waals surface area contributed by atoms with E-state index < -0.39 is 24.2 Å². The molecular weight excluding hydrogens is 561 g/mol. The van der Waals surface area contributed by atoms with Crippen LogP contribution >= 0.6 is 11.3 Å². The maximum atomic E-state index is 9.50. The highest BCUT2D eigenvalue weighted by Gasteiger charge is 2.21. The monoisotopic (exact) mass is 594 g/mol. The Kier molecular flexibility index (Phi) is 3.87. The predicted octanol–water partition coefficient (Wildman–Crippen LogP) is 13.2. The van der Waals surface area contributed by atoms with Crippen LogP contribution in [0.5, 0.6) is 0 Å². The molecule has 0 unspecified atom stereocenters. The molecule has 1 heterocycles. The van der Waals surface area contributed by atoms with E-state index in [0.29, 0.717) is 22.3 Å². The Bertz CT molecular complexity index is 3190. The molecule has 0 radical (unpaired) electrons. The largest absolute Gasteiger partial charge is 0.135 e. The van der Waals surface area contributed by atoms with Crippen molar-refractivity contribution >= 4 is 85.4 Å². The molecule has 0 N–H and O–H groups in total. The second-order valence-corrected chi connectivity index (χ2v) is 12.5. The number of thiophene rings is 1. The Balaban J connectivity index is 1.51. The topological polar surface area (TPSA) is 0 Å². The van der Waals surface area contributed by atoms with Crippen LogP contribution in [0.3, 0.4) is 0 Å². The molecule has 0 spiro atoms. The lowest BCUT2D eigenvalue weighted by atomic mass is 9.83. The molecule has 45 heavy (non-hydrogen) atoms. The minimum Gasteiger partial charge on any atom is -0.135 e. The van der Waals surface area contributed by atoms with Crippen LogP contribution in [-0.4, -0.2) is 0 Å². The van der Waals surface area contributed by atoms with E-state index in [1.807, 2.05) is 78.9 Å². The van der Waals surface area contributed by atoms with Crippen molar-refractivity contribution in [2.75, 3.05) is 0 Å². The Morgan fingerprint density at radius 1 is 0.378 bits per heavy atom. The lowest BCUT2D eigenvalue weighted by molar-refractivity contribution is 1.70. The second-order valence-electron chi connectivity index (χ2n) is 11.4. The standard InChI is InChI=1S/C44H26S/c1-3-15-29-27(12-1)14-11-23-32(29)41-34-19-7-9-21-36(34)42(37-22-10-8-20-35(37)41)38-26-40-44(33-18-6-5-17-31(33)38)43-30-16-4-2-13-28(30)24-25-39(43)45-40/h1-26H/i7D,8D,9D,10D,19D,20D,21D,22D. The van der Waals surface area contributed by atoms with Gasteiger partial charge in [-0.25, -0.2) is 0 Å². The van der Waals surface area contributed by atoms with E-state index in [1.54, 1.807) is 11.3 Å². The fourth-order valence-corrected chi connectivity index (χ4v) is 8.39. The Labute approximate surface area is 275 Å². The predicted molar refractivity (Wildman–Crippen MR) is 198 cm³/mol. The first-order valence-corrected chi connectivity index (χ1v) is 15.7. The number of fused-ring (bicyclic) bond motifs is 10. The highest BCUT2D eigenvalue weighted by Crippen LogP contribution is 2.50. The van der Waals surface area contributed by atoms with Crippen molar-refractivity contribution in [2.24, 2.45) is 0 Å². The Morgan fingerprint density at radius 2 is 0.889 bits per heavy atom. The Hall–Kier alpha value is -5.50. The van der Waals surface area contributed by atoms with Crippen molar-refractivity contribution in [3.05, 3.63) is 158 Å². The maximum absolute atomic E-state index is 9.50. The number of benzene rings is 9. The fourth-order valence-electron chi connectivity index (χ4n) is 7.21. The normalized spacial score (nSPS) is 14.5. The molecule has 9 aromatic carbocycles. The lowest BCUT2D eigenvalue weighted by Gasteiger charge is -2.20. The summed E-state index contributed by atoms with van der Waals surface area (Å²) in [4.78, 5) is 0. The first kappa shape index (κ1) is 18.3. The zero-order valence-electron chi connectivity index (χ0n) is 31.8. The highest BCUT2D eigenvalue weighted by atomic mass is 32.1. The molecule has 0 amide bonds. The third-order valence-corrected chi connectivity index (χ3v) is 10.2. The number of hydrogen-bond acceptors (Lipinski definition) is 1. The van der Waals surface area contributed by atoms with Crippen molar-refractivity contribution in [3.8, 4) is 22.3 Å². The summed E-state index contributed by atoms with van der Waals surface area (Å²) < 4.78 is 75.5. The van der Waals surface area contributed by atoms with Gasteiger partial charge in [0.25, 0.3) is 0 Å². The molecule has 10 aromatic rings. The maximum Gasteiger partial charge on any atom is 0.0629 e. The zero-order valence-corrected chi connectivity index (χ0v) is 24.6. The first-order chi connectivity index (χ1) is 25.7. The van der Waals surface area contributed by atoms with Gasteiger partial charge in [0, 0.05) is 20.2 Å². The summed E-state index contributed by atoms with van der Waals surface area (Å²) >= 11 is 1.64. The van der Waals surface area contributed by atoms with Crippen LogP contribution in [0.15, 0.2) is 158 Å². The summed E-state index contributed by atoms with van der Waals surface area (Å²) in [7, 11) is 0. The molecular formula is C44H26S. The smallest absolute Gasteiger partial charge is 0.0629 e. The molecule has 0 nitrogen and oxygen atoms in total. The molecule has 0 saturated carbocycles. The van der Waals surface area contributed by atoms with Crippen LogP contribution < -0.4 is 0 Å². The third kappa shape index (κ3) is 3.53. The van der Waals surface area contributed by atoms with Gasteiger partial charge < -0.3 is 0 Å². The van der Waals surface area contributed by atoms with Gasteiger partial charge in [-0.1, -0.05) is 145 Å². The quantitative estimate of drug-likeness (QED) is 0.175. The minimum atomic E-state index is -0.411. The van der Waals surface area contributed by atoms with Crippen molar-refractivity contribution in [1.82, 2.24) is 0 Å². The van der Waals surface area contributed by atoms with Crippen molar-refractivity contribution in [1.29, 1.82) is 0 Å². The van der Waals surface area contributed by atoms with Gasteiger partial charge in [-0.05, 0) is 88.2 Å². The molecule has 1 aromatic heterocycles. The van der Waals surface area contributed by atoms with E-state index in [9.17, 15) is 5.48 Å². The van der Waals surface area contributed by atoms with E-state index in [4.69, 9.17) is 5.48 Å². The average Bonchev–Trinajstić information content (AvgIpc) is 3.58. The summed E-state index contributed by atoms with van der Waals surface area (Å²) in [6.45, 7) is 0. The molecule has 0 aliphatic carbocycles. The SMILES string of the molecule is [2H]c1c([2H])c([2H])c2c(-c3cc4sc5ccc6ccccc6c5c4c4ccccc34)c3c([2H])c([2H])c([2H])c([2H])c3c(-c3cccc4ccccc34)c2c1[2H]. The molecule has 0 bridgehead atoms. The van der Waals surface area contributed by atoms with Gasteiger partial charge in [0.05, 0.1) is 11.0 Å². The van der Waals surface area contributed by atoms with Gasteiger partial charge >= 0.3 is 0 Å². The van der Waals surface area contributed by atoms with Crippen LogP contribution in [0, 0.1) is 0 Å². The van der Waals surface area contributed by atoms with Crippen LogP contribution in [-0.2, 0) is 0 Å². The summed E-state index contributed by atoms with van der Waals surface area (Å²) in [6.07, 6.45) is 0. The van der Waals surface area contributed by atoms with Gasteiger partial charge in [0.1, 0.15) is 0 Å². The lowest BCUT2D eigenvalue weighted by Crippen LogP contribution is -1.92. The third-order valence-electron chi connectivity index (χ3n) is 9.07. The zero-order chi connectivity index (χ0) is 36.4. The van der Waals surface area contributed by atoms with Crippen LogP contribution in [0.25, 0.3) is 96.3 Å². The van der Waals surface area contributed by atoms with Gasteiger partial charge in [0.2, 0.25) is 0 Å². The fraction of sp³-hybridized carbons (Fsp3) is 0. The van der Waals surface area contributed by atoms with E-state index in [0.717, 1.165) is 52.5 Å². The minimum absolute atomic E-state index is 0.214. The summed E-state index contributed by atoms with van der Waals surface area (Å²) in [5.41, 5.74) is 1.97. The second kappa shape index (κ2) is 9.50. The van der Waals surface area contributed by atoms with Crippen molar-refractivity contribution < 1.29 is 11.0 Å². The van der Waals surface area contributed by atoms with Gasteiger partial charge in [-0.2, -0.15) is 0 Å². The highest BCUT2D eigenvalue weighted by molar-refractivity contribution is 7.26. The summed E-state index contributed by atoms with van der Waals surface area (Å²) in [6, 6.07) is 33.3. The van der Waals surface area contributed by atoms with Gasteiger partial charge in [-0.15, -0.1) is 11.3 Å². The summed E-state index contributed by atoms with van der Waals surface area (Å²) in [5.74, 6) is 0. The number of rotatable bonds is 2. The molecule has 208 valence electrons. The van der Waals surface area contributed by atoms with E-state index >= 15 is 0 Å². The molecule has 10 rings (SSSR count). The van der Waals surface area contributed by atoms with Gasteiger partial charge in [0.15, 0.2) is 0 Å². The van der Waals surface area contributed by atoms with Crippen molar-refractivity contribution in [3.63, 3.8) is 0 Å². The van der Waals surface area contributed by atoms with E-state index in [2.05, 4.69) is 30.3 Å². The molecule has 0 aliphatic rings. The van der Waals surface area contributed by atoms with Crippen molar-refractivity contribution in [2.45, 2.75) is 0 Å². The summed E-state index contributed by atoms with van der Waals surface area (Å²) in [5, 5.41) is 8.78.